The second-order valence-corrected chi connectivity index (χ2v) is 4.96. The Labute approximate surface area is 99.5 Å². The van der Waals surface area contributed by atoms with Crippen LogP contribution < -0.4 is 0 Å². The summed E-state index contributed by atoms with van der Waals surface area (Å²) >= 11 is 0. The molecule has 0 spiro atoms. The van der Waals surface area contributed by atoms with E-state index in [2.05, 4.69) is 43.9 Å². The number of fused-ring (bicyclic) bond motifs is 1. The number of rotatable bonds is 2. The Balaban J connectivity index is 2.36. The first-order chi connectivity index (χ1) is 7.74. The molecule has 0 aromatic heterocycles. The predicted molar refractivity (Wildman–Crippen MR) is 69.8 cm³/mol. The molecule has 2 rings (SSSR count). The van der Waals surface area contributed by atoms with Crippen LogP contribution in [0.15, 0.2) is 18.2 Å². The Bertz CT molecular complexity index is 356. The minimum Gasteiger partial charge on any atom is -0.299 e. The van der Waals surface area contributed by atoms with Crippen molar-refractivity contribution in [3.63, 3.8) is 0 Å². The van der Waals surface area contributed by atoms with Gasteiger partial charge in [-0.25, -0.2) is 0 Å². The van der Waals surface area contributed by atoms with E-state index in [0.29, 0.717) is 0 Å². The van der Waals surface area contributed by atoms with Gasteiger partial charge in [0.2, 0.25) is 0 Å². The molecule has 0 N–H and O–H groups in total. The molecule has 1 atom stereocenters. The quantitative estimate of drug-likeness (QED) is 0.730. The van der Waals surface area contributed by atoms with Crippen LogP contribution in [0.25, 0.3) is 0 Å². The molecule has 16 heavy (non-hydrogen) atoms. The van der Waals surface area contributed by atoms with Gasteiger partial charge in [0.15, 0.2) is 0 Å². The zero-order valence-electron chi connectivity index (χ0n) is 10.8. The number of nitrogens with zero attached hydrogens (tertiary/aromatic N) is 1. The van der Waals surface area contributed by atoms with Crippen molar-refractivity contribution in [2.75, 3.05) is 13.1 Å². The van der Waals surface area contributed by atoms with Crippen molar-refractivity contribution in [3.8, 4) is 0 Å². The number of benzene rings is 1. The van der Waals surface area contributed by atoms with Crippen LogP contribution in [0.1, 0.15) is 49.3 Å². The van der Waals surface area contributed by atoms with Gasteiger partial charge >= 0.3 is 0 Å². The lowest BCUT2D eigenvalue weighted by atomic mass is 9.89. The van der Waals surface area contributed by atoms with Crippen LogP contribution in [0.3, 0.4) is 0 Å². The third-order valence-electron chi connectivity index (χ3n) is 3.87. The molecular formula is C15H23N. The smallest absolute Gasteiger partial charge is 0.0236 e. The first-order valence-electron chi connectivity index (χ1n) is 6.56. The topological polar surface area (TPSA) is 3.24 Å². The number of hydrogen-bond donors (Lipinski definition) is 0. The maximum atomic E-state index is 2.56. The summed E-state index contributed by atoms with van der Waals surface area (Å²) in [7, 11) is 0. The lowest BCUT2D eigenvalue weighted by Gasteiger charge is -2.17. The molecule has 0 saturated carbocycles. The van der Waals surface area contributed by atoms with Gasteiger partial charge in [-0.05, 0) is 49.9 Å². The van der Waals surface area contributed by atoms with Gasteiger partial charge in [-0.2, -0.15) is 0 Å². The third kappa shape index (κ3) is 2.30. The maximum Gasteiger partial charge on any atom is 0.0236 e. The average molecular weight is 217 g/mol. The fourth-order valence-corrected chi connectivity index (χ4v) is 2.75. The SMILES string of the molecule is CCC1CCN(CC)Cc2ccc(C)cc21. The van der Waals surface area contributed by atoms with Crippen molar-refractivity contribution < 1.29 is 0 Å². The highest BCUT2D eigenvalue weighted by Crippen LogP contribution is 2.31. The molecule has 1 aliphatic heterocycles. The molecule has 0 saturated heterocycles. The van der Waals surface area contributed by atoms with E-state index in [1.165, 1.54) is 31.5 Å². The first-order valence-corrected chi connectivity index (χ1v) is 6.56. The highest BCUT2D eigenvalue weighted by atomic mass is 15.1. The van der Waals surface area contributed by atoms with Crippen molar-refractivity contribution in [3.05, 3.63) is 34.9 Å². The van der Waals surface area contributed by atoms with Crippen molar-refractivity contribution in [1.29, 1.82) is 0 Å². The predicted octanol–water partition coefficient (Wildman–Crippen LogP) is 3.71. The minimum atomic E-state index is 0.770. The summed E-state index contributed by atoms with van der Waals surface area (Å²) < 4.78 is 0. The van der Waals surface area contributed by atoms with E-state index >= 15 is 0 Å². The largest absolute Gasteiger partial charge is 0.299 e. The van der Waals surface area contributed by atoms with Crippen molar-refractivity contribution >= 4 is 0 Å². The van der Waals surface area contributed by atoms with Gasteiger partial charge in [-0.1, -0.05) is 37.6 Å². The van der Waals surface area contributed by atoms with Crippen LogP contribution in [-0.4, -0.2) is 18.0 Å². The third-order valence-corrected chi connectivity index (χ3v) is 3.87. The van der Waals surface area contributed by atoms with E-state index in [4.69, 9.17) is 0 Å². The average Bonchev–Trinajstić information content (AvgIpc) is 2.47. The van der Waals surface area contributed by atoms with E-state index in [1.54, 1.807) is 11.1 Å². The molecule has 1 unspecified atom stereocenters. The standard InChI is InChI=1S/C15H23N/c1-4-13-8-9-16(5-2)11-14-7-6-12(3)10-15(13)14/h6-7,10,13H,4-5,8-9,11H2,1-3H3. The van der Waals surface area contributed by atoms with Crippen LogP contribution in [0.4, 0.5) is 0 Å². The number of aryl methyl sites for hydroxylation is 1. The highest BCUT2D eigenvalue weighted by Gasteiger charge is 2.20. The van der Waals surface area contributed by atoms with Crippen LogP contribution in [-0.2, 0) is 6.54 Å². The Morgan fingerprint density at radius 1 is 1.31 bits per heavy atom. The highest BCUT2D eigenvalue weighted by molar-refractivity contribution is 5.35. The Morgan fingerprint density at radius 2 is 2.12 bits per heavy atom. The maximum absolute atomic E-state index is 2.56. The first kappa shape index (κ1) is 11.7. The Kier molecular flexibility index (Phi) is 3.65. The molecule has 0 fully saturated rings. The molecule has 1 heterocycles. The normalized spacial score (nSPS) is 21.6. The fraction of sp³-hybridized carbons (Fsp3) is 0.600. The second-order valence-electron chi connectivity index (χ2n) is 4.96. The molecule has 88 valence electrons. The lowest BCUT2D eigenvalue weighted by Crippen LogP contribution is -2.22. The van der Waals surface area contributed by atoms with Crippen molar-refractivity contribution in [2.24, 2.45) is 0 Å². The molecule has 0 radical (unpaired) electrons. The Hall–Kier alpha value is -0.820. The van der Waals surface area contributed by atoms with Gasteiger partial charge in [0.1, 0.15) is 0 Å². The molecule has 1 heteroatoms. The summed E-state index contributed by atoms with van der Waals surface area (Å²) in [4.78, 5) is 2.56. The fourth-order valence-electron chi connectivity index (χ4n) is 2.75. The monoisotopic (exact) mass is 217 g/mol. The van der Waals surface area contributed by atoms with Gasteiger partial charge in [-0.15, -0.1) is 0 Å². The molecule has 0 aliphatic carbocycles. The molecule has 1 aromatic rings. The van der Waals surface area contributed by atoms with Gasteiger partial charge in [0.25, 0.3) is 0 Å². The van der Waals surface area contributed by atoms with Crippen molar-refractivity contribution in [2.45, 2.75) is 46.1 Å². The van der Waals surface area contributed by atoms with E-state index in [0.717, 1.165) is 12.5 Å². The van der Waals surface area contributed by atoms with E-state index in [9.17, 15) is 0 Å². The molecule has 1 aliphatic rings. The molecular weight excluding hydrogens is 194 g/mol. The van der Waals surface area contributed by atoms with Gasteiger partial charge in [-0.3, -0.25) is 4.90 Å². The summed E-state index contributed by atoms with van der Waals surface area (Å²) in [5.74, 6) is 0.770. The van der Waals surface area contributed by atoms with Gasteiger partial charge in [0, 0.05) is 6.54 Å². The minimum absolute atomic E-state index is 0.770. The number of hydrogen-bond acceptors (Lipinski definition) is 1. The zero-order valence-corrected chi connectivity index (χ0v) is 10.8. The zero-order chi connectivity index (χ0) is 11.5. The van der Waals surface area contributed by atoms with Crippen molar-refractivity contribution in [1.82, 2.24) is 4.90 Å². The van der Waals surface area contributed by atoms with Crippen LogP contribution >= 0.6 is 0 Å². The van der Waals surface area contributed by atoms with Gasteiger partial charge < -0.3 is 0 Å². The molecule has 0 amide bonds. The summed E-state index contributed by atoms with van der Waals surface area (Å²) in [6.07, 6.45) is 2.59. The summed E-state index contributed by atoms with van der Waals surface area (Å²) in [5.41, 5.74) is 4.57. The Morgan fingerprint density at radius 3 is 2.81 bits per heavy atom. The molecule has 0 bridgehead atoms. The van der Waals surface area contributed by atoms with Crippen LogP contribution in [0.2, 0.25) is 0 Å². The van der Waals surface area contributed by atoms with E-state index < -0.39 is 0 Å². The lowest BCUT2D eigenvalue weighted by molar-refractivity contribution is 0.278. The summed E-state index contributed by atoms with van der Waals surface area (Å²) in [6, 6.07) is 6.99. The van der Waals surface area contributed by atoms with E-state index in [-0.39, 0.29) is 0 Å². The molecule has 1 nitrogen and oxygen atoms in total. The molecule has 1 aromatic carbocycles. The van der Waals surface area contributed by atoms with Gasteiger partial charge in [0.05, 0.1) is 0 Å². The summed E-state index contributed by atoms with van der Waals surface area (Å²) in [5, 5.41) is 0. The van der Waals surface area contributed by atoms with E-state index in [1.807, 2.05) is 0 Å². The second kappa shape index (κ2) is 5.01. The summed E-state index contributed by atoms with van der Waals surface area (Å²) in [6.45, 7) is 10.4. The van der Waals surface area contributed by atoms with Crippen LogP contribution in [0, 0.1) is 6.92 Å². The van der Waals surface area contributed by atoms with Crippen LogP contribution in [0.5, 0.6) is 0 Å².